The molecule has 3 atom stereocenters. The van der Waals surface area contributed by atoms with Crippen molar-refractivity contribution in [3.05, 3.63) is 69.1 Å². The van der Waals surface area contributed by atoms with Gasteiger partial charge < -0.3 is 20.9 Å². The maximum absolute atomic E-state index is 14.5. The standard InChI is InChI=1S/C23H28ClFN6O3/c24-16-3-1-14(2-4-16)21(15-7-9-34-10-8-15)22(30-31-27)23(33)29-20-12-28-11-19(25)18(20)6-5-17(26)13-32/h1-4,11-12,15,17,21-22,32H,5-10,13,26H2,(H,29,33)/t17?,21-,22-/m0/s1. The summed E-state index contributed by atoms with van der Waals surface area (Å²) >= 11 is 6.06. The summed E-state index contributed by atoms with van der Waals surface area (Å²) in [4.78, 5) is 20.2. The molecule has 9 nitrogen and oxygen atoms in total. The highest BCUT2D eigenvalue weighted by molar-refractivity contribution is 6.30. The molecule has 0 saturated carbocycles. The number of ether oxygens (including phenoxy) is 1. The molecule has 1 aliphatic rings. The fraction of sp³-hybridized carbons (Fsp3) is 0.478. The second-order valence-electron chi connectivity index (χ2n) is 8.29. The van der Waals surface area contributed by atoms with Crippen LogP contribution in [0.1, 0.15) is 36.3 Å². The molecule has 1 fully saturated rings. The summed E-state index contributed by atoms with van der Waals surface area (Å²) in [5, 5.41) is 16.3. The number of amides is 1. The normalized spacial score (nSPS) is 16.8. The lowest BCUT2D eigenvalue weighted by molar-refractivity contribution is -0.118. The molecule has 0 aliphatic carbocycles. The van der Waals surface area contributed by atoms with Crippen molar-refractivity contribution in [2.24, 2.45) is 16.8 Å². The van der Waals surface area contributed by atoms with Gasteiger partial charge in [0.05, 0.1) is 24.7 Å². The Morgan fingerprint density at radius 1 is 1.35 bits per heavy atom. The van der Waals surface area contributed by atoms with Crippen molar-refractivity contribution in [1.29, 1.82) is 0 Å². The number of carbonyl (C=O) groups excluding carboxylic acids is 1. The molecule has 1 unspecified atom stereocenters. The zero-order chi connectivity index (χ0) is 24.5. The van der Waals surface area contributed by atoms with Crippen LogP contribution in [0.3, 0.4) is 0 Å². The minimum atomic E-state index is -1.09. The Balaban J connectivity index is 1.92. The van der Waals surface area contributed by atoms with Crippen molar-refractivity contribution < 1.29 is 19.0 Å². The van der Waals surface area contributed by atoms with Gasteiger partial charge >= 0.3 is 0 Å². The van der Waals surface area contributed by atoms with Gasteiger partial charge in [0.15, 0.2) is 0 Å². The highest BCUT2D eigenvalue weighted by Crippen LogP contribution is 2.37. The predicted octanol–water partition coefficient (Wildman–Crippen LogP) is 3.95. The predicted molar refractivity (Wildman–Crippen MR) is 127 cm³/mol. The summed E-state index contributed by atoms with van der Waals surface area (Å²) in [7, 11) is 0. The first-order valence-electron chi connectivity index (χ1n) is 11.1. The Hall–Kier alpha value is -2.75. The molecule has 182 valence electrons. The molecule has 0 radical (unpaired) electrons. The number of carbonyl (C=O) groups is 1. The maximum atomic E-state index is 14.5. The lowest BCUT2D eigenvalue weighted by atomic mass is 9.76. The number of aromatic nitrogens is 1. The third-order valence-corrected chi connectivity index (χ3v) is 6.33. The van der Waals surface area contributed by atoms with Crippen LogP contribution >= 0.6 is 11.6 Å². The number of anilines is 1. The van der Waals surface area contributed by atoms with Gasteiger partial charge in [-0.05, 0) is 54.8 Å². The first kappa shape index (κ1) is 25.9. The Labute approximate surface area is 202 Å². The maximum Gasteiger partial charge on any atom is 0.234 e. The molecule has 0 bridgehead atoms. The molecule has 0 spiro atoms. The molecule has 1 aliphatic heterocycles. The average Bonchev–Trinajstić information content (AvgIpc) is 2.85. The number of aliphatic hydroxyl groups excluding tert-OH is 1. The van der Waals surface area contributed by atoms with Gasteiger partial charge in [0.1, 0.15) is 11.9 Å². The van der Waals surface area contributed by atoms with E-state index in [1.807, 2.05) is 12.1 Å². The molecule has 4 N–H and O–H groups in total. The van der Waals surface area contributed by atoms with Gasteiger partial charge in [0.2, 0.25) is 5.91 Å². The van der Waals surface area contributed by atoms with Crippen LogP contribution < -0.4 is 11.1 Å². The highest BCUT2D eigenvalue weighted by atomic mass is 35.5. The Morgan fingerprint density at radius 3 is 2.71 bits per heavy atom. The van der Waals surface area contributed by atoms with Crippen LogP contribution in [0.5, 0.6) is 0 Å². The minimum Gasteiger partial charge on any atom is -0.395 e. The number of benzene rings is 1. The van der Waals surface area contributed by atoms with E-state index in [1.165, 1.54) is 6.20 Å². The van der Waals surface area contributed by atoms with Crippen LogP contribution in [0.25, 0.3) is 10.4 Å². The van der Waals surface area contributed by atoms with E-state index in [9.17, 15) is 19.8 Å². The minimum absolute atomic E-state index is 0.0313. The molecular formula is C23H28ClFN6O3. The van der Waals surface area contributed by atoms with Crippen molar-refractivity contribution >= 4 is 23.2 Å². The monoisotopic (exact) mass is 490 g/mol. The van der Waals surface area contributed by atoms with E-state index < -0.39 is 29.7 Å². The number of aliphatic hydroxyl groups is 1. The van der Waals surface area contributed by atoms with E-state index in [0.717, 1.165) is 11.8 Å². The molecule has 1 amide bonds. The molecule has 34 heavy (non-hydrogen) atoms. The van der Waals surface area contributed by atoms with Gasteiger partial charge in [-0.1, -0.05) is 28.8 Å². The number of nitrogens with one attached hydrogen (secondary N) is 1. The van der Waals surface area contributed by atoms with Crippen molar-refractivity contribution in [3.8, 4) is 0 Å². The summed E-state index contributed by atoms with van der Waals surface area (Å²) in [6.45, 7) is 0.853. The quantitative estimate of drug-likeness (QED) is 0.262. The smallest absolute Gasteiger partial charge is 0.234 e. The van der Waals surface area contributed by atoms with Gasteiger partial charge in [-0.2, -0.15) is 0 Å². The Morgan fingerprint density at radius 2 is 2.06 bits per heavy atom. The molecule has 2 heterocycles. The summed E-state index contributed by atoms with van der Waals surface area (Å²) in [6.07, 6.45) is 4.31. The molecule has 1 aromatic carbocycles. The van der Waals surface area contributed by atoms with Crippen LogP contribution in [0.4, 0.5) is 10.1 Å². The van der Waals surface area contributed by atoms with E-state index in [-0.39, 0.29) is 30.2 Å². The number of hydrogen-bond acceptors (Lipinski definition) is 6. The molecule has 2 aromatic rings. The van der Waals surface area contributed by atoms with Crippen molar-refractivity contribution in [1.82, 2.24) is 4.98 Å². The number of pyridine rings is 1. The fourth-order valence-corrected chi connectivity index (χ4v) is 4.39. The zero-order valence-corrected chi connectivity index (χ0v) is 19.4. The topological polar surface area (TPSA) is 146 Å². The summed E-state index contributed by atoms with van der Waals surface area (Å²) in [5.74, 6) is -1.56. The molecular weight excluding hydrogens is 463 g/mol. The Kier molecular flexibility index (Phi) is 9.62. The van der Waals surface area contributed by atoms with Gasteiger partial charge in [-0.15, -0.1) is 0 Å². The lowest BCUT2D eigenvalue weighted by Crippen LogP contribution is -2.37. The zero-order valence-electron chi connectivity index (χ0n) is 18.6. The summed E-state index contributed by atoms with van der Waals surface area (Å²) < 4.78 is 20.0. The van der Waals surface area contributed by atoms with E-state index in [0.29, 0.717) is 37.5 Å². The van der Waals surface area contributed by atoms with Crippen molar-refractivity contribution in [3.63, 3.8) is 0 Å². The van der Waals surface area contributed by atoms with Crippen LogP contribution in [0.15, 0.2) is 41.8 Å². The largest absolute Gasteiger partial charge is 0.395 e. The molecule has 11 heteroatoms. The lowest BCUT2D eigenvalue weighted by Gasteiger charge is -2.34. The number of azide groups is 1. The molecule has 3 rings (SSSR count). The van der Waals surface area contributed by atoms with Crippen molar-refractivity contribution in [2.45, 2.75) is 43.7 Å². The first-order valence-corrected chi connectivity index (χ1v) is 11.5. The molecule has 1 aromatic heterocycles. The number of halogens is 2. The van der Waals surface area contributed by atoms with E-state index in [2.05, 4.69) is 20.3 Å². The van der Waals surface area contributed by atoms with E-state index in [1.54, 1.807) is 12.1 Å². The fourth-order valence-electron chi connectivity index (χ4n) is 4.27. The van der Waals surface area contributed by atoms with Gasteiger partial charge in [0.25, 0.3) is 0 Å². The summed E-state index contributed by atoms with van der Waals surface area (Å²) in [5.41, 5.74) is 16.3. The van der Waals surface area contributed by atoms with Crippen LogP contribution in [0.2, 0.25) is 5.02 Å². The number of nitrogens with two attached hydrogens (primary N) is 1. The van der Waals surface area contributed by atoms with E-state index in [4.69, 9.17) is 22.1 Å². The molecule has 1 saturated heterocycles. The van der Waals surface area contributed by atoms with Crippen LogP contribution in [0, 0.1) is 11.7 Å². The van der Waals surface area contributed by atoms with Gasteiger partial charge in [-0.25, -0.2) is 4.39 Å². The highest BCUT2D eigenvalue weighted by Gasteiger charge is 2.36. The van der Waals surface area contributed by atoms with Crippen LogP contribution in [-0.4, -0.2) is 47.9 Å². The van der Waals surface area contributed by atoms with E-state index >= 15 is 0 Å². The second-order valence-corrected chi connectivity index (χ2v) is 8.73. The SMILES string of the molecule is [N-]=[N+]=N[C@H](C(=O)Nc1cncc(F)c1CCC(N)CO)[C@@H](c1ccc(Cl)cc1)C1CCOCC1. The second kappa shape index (κ2) is 12.6. The number of nitrogens with zero attached hydrogens (tertiary/aromatic N) is 4. The Bertz CT molecular complexity index is 1010. The third-order valence-electron chi connectivity index (χ3n) is 6.08. The third kappa shape index (κ3) is 6.65. The number of rotatable bonds is 10. The first-order chi connectivity index (χ1) is 16.4. The van der Waals surface area contributed by atoms with Gasteiger partial charge in [-0.3, -0.25) is 9.78 Å². The van der Waals surface area contributed by atoms with Gasteiger partial charge in [0, 0.05) is 40.7 Å². The average molecular weight is 491 g/mol. The van der Waals surface area contributed by atoms with Crippen LogP contribution in [-0.2, 0) is 16.0 Å². The number of hydrogen-bond donors (Lipinski definition) is 3. The van der Waals surface area contributed by atoms with Crippen molar-refractivity contribution in [2.75, 3.05) is 25.1 Å². The summed E-state index contributed by atoms with van der Waals surface area (Å²) in [6, 6.07) is 5.49.